The van der Waals surface area contributed by atoms with Gasteiger partial charge in [0.15, 0.2) is 0 Å². The van der Waals surface area contributed by atoms with Gasteiger partial charge >= 0.3 is 5.51 Å². The monoisotopic (exact) mass is 268 g/mol. The molecule has 0 N–H and O–H groups in total. The molecule has 0 radical (unpaired) electrons. The third-order valence-corrected chi connectivity index (χ3v) is 3.27. The molecule has 0 aliphatic heterocycles. The van der Waals surface area contributed by atoms with Crippen LogP contribution in [0.15, 0.2) is 54.6 Å². The van der Waals surface area contributed by atoms with Crippen LogP contribution in [0, 0.1) is 0 Å². The fourth-order valence-electron chi connectivity index (χ4n) is 1.59. The van der Waals surface area contributed by atoms with Crippen LogP contribution in [0.4, 0.5) is 13.2 Å². The van der Waals surface area contributed by atoms with Gasteiger partial charge in [0, 0.05) is 5.75 Å². The molecule has 2 rings (SSSR count). The molecule has 2 aromatic rings. The van der Waals surface area contributed by atoms with E-state index in [9.17, 15) is 13.2 Å². The lowest BCUT2D eigenvalue weighted by atomic mass is 10.0. The molecule has 0 bridgehead atoms. The summed E-state index contributed by atoms with van der Waals surface area (Å²) in [6.45, 7) is 0. The summed E-state index contributed by atoms with van der Waals surface area (Å²) in [7, 11) is 0. The zero-order chi connectivity index (χ0) is 13.0. The average molecular weight is 268 g/mol. The highest BCUT2D eigenvalue weighted by atomic mass is 32.2. The minimum absolute atomic E-state index is 0.0117. The Morgan fingerprint density at radius 3 is 1.89 bits per heavy atom. The maximum absolute atomic E-state index is 12.0. The molecule has 0 unspecified atom stereocenters. The second-order valence-electron chi connectivity index (χ2n) is 3.80. The molecular weight excluding hydrogens is 257 g/mol. The van der Waals surface area contributed by atoms with Crippen molar-refractivity contribution in [2.24, 2.45) is 0 Å². The van der Waals surface area contributed by atoms with Gasteiger partial charge in [-0.3, -0.25) is 0 Å². The normalized spacial score (nSPS) is 11.5. The predicted octanol–water partition coefficient (Wildman–Crippen LogP) is 5.11. The molecule has 0 spiro atoms. The molecule has 0 saturated heterocycles. The number of rotatable bonds is 3. The molecular formula is C14H11F3S. The summed E-state index contributed by atoms with van der Waals surface area (Å²) in [5.41, 5.74) is -1.42. The molecule has 18 heavy (non-hydrogen) atoms. The maximum Gasteiger partial charge on any atom is 0.442 e. The van der Waals surface area contributed by atoms with Crippen molar-refractivity contribution in [1.82, 2.24) is 0 Å². The summed E-state index contributed by atoms with van der Waals surface area (Å²) < 4.78 is 36.1. The first-order valence-electron chi connectivity index (χ1n) is 5.40. The van der Waals surface area contributed by atoms with Crippen LogP contribution < -0.4 is 0 Å². The van der Waals surface area contributed by atoms with Crippen LogP contribution in [0.3, 0.4) is 0 Å². The van der Waals surface area contributed by atoms with E-state index in [0.717, 1.165) is 11.1 Å². The molecule has 0 saturated carbocycles. The lowest BCUT2D eigenvalue weighted by Crippen LogP contribution is -2.00. The van der Waals surface area contributed by atoms with Crippen molar-refractivity contribution in [3.63, 3.8) is 0 Å². The summed E-state index contributed by atoms with van der Waals surface area (Å²) >= 11 is -0.0117. The number of hydrogen-bond donors (Lipinski definition) is 0. The third kappa shape index (κ3) is 3.81. The van der Waals surface area contributed by atoms with Crippen LogP contribution in [-0.2, 0) is 5.75 Å². The van der Waals surface area contributed by atoms with Crippen LogP contribution in [-0.4, -0.2) is 5.51 Å². The SMILES string of the molecule is FC(F)(F)SCc1ccc(-c2ccccc2)cc1. The Hall–Kier alpha value is -1.42. The van der Waals surface area contributed by atoms with Gasteiger partial charge in [0.25, 0.3) is 0 Å². The van der Waals surface area contributed by atoms with Crippen molar-refractivity contribution in [1.29, 1.82) is 0 Å². The molecule has 0 heterocycles. The zero-order valence-corrected chi connectivity index (χ0v) is 10.3. The summed E-state index contributed by atoms with van der Waals surface area (Å²) in [6, 6.07) is 16.9. The first-order valence-corrected chi connectivity index (χ1v) is 6.38. The summed E-state index contributed by atoms with van der Waals surface area (Å²) in [5.74, 6) is -0.0431. The average Bonchev–Trinajstić information content (AvgIpc) is 2.37. The van der Waals surface area contributed by atoms with E-state index < -0.39 is 5.51 Å². The van der Waals surface area contributed by atoms with Crippen molar-refractivity contribution < 1.29 is 13.2 Å². The van der Waals surface area contributed by atoms with Gasteiger partial charge in [-0.2, -0.15) is 13.2 Å². The van der Waals surface area contributed by atoms with Gasteiger partial charge in [-0.25, -0.2) is 0 Å². The highest BCUT2D eigenvalue weighted by Crippen LogP contribution is 2.33. The smallest absolute Gasteiger partial charge is 0.160 e. The van der Waals surface area contributed by atoms with Crippen LogP contribution in [0.1, 0.15) is 5.56 Å². The Morgan fingerprint density at radius 1 is 0.778 bits per heavy atom. The molecule has 0 aromatic heterocycles. The number of alkyl halides is 3. The fourth-order valence-corrected chi connectivity index (χ4v) is 2.11. The molecule has 0 aliphatic rings. The Kier molecular flexibility index (Phi) is 3.97. The third-order valence-electron chi connectivity index (χ3n) is 2.46. The van der Waals surface area contributed by atoms with E-state index in [-0.39, 0.29) is 17.5 Å². The van der Waals surface area contributed by atoms with Crippen LogP contribution >= 0.6 is 11.8 Å². The van der Waals surface area contributed by atoms with E-state index in [1.165, 1.54) is 0 Å². The molecule has 0 aliphatic carbocycles. The second-order valence-corrected chi connectivity index (χ2v) is 4.84. The number of halogens is 3. The molecule has 2 aromatic carbocycles. The Morgan fingerprint density at radius 2 is 1.33 bits per heavy atom. The van der Waals surface area contributed by atoms with Crippen molar-refractivity contribution in [3.05, 3.63) is 60.2 Å². The van der Waals surface area contributed by atoms with Crippen molar-refractivity contribution >= 4 is 11.8 Å². The van der Waals surface area contributed by atoms with Crippen LogP contribution in [0.2, 0.25) is 0 Å². The van der Waals surface area contributed by atoms with Crippen molar-refractivity contribution in [2.45, 2.75) is 11.3 Å². The van der Waals surface area contributed by atoms with Crippen LogP contribution in [0.25, 0.3) is 11.1 Å². The quantitative estimate of drug-likeness (QED) is 0.745. The summed E-state index contributed by atoms with van der Waals surface area (Å²) in [4.78, 5) is 0. The van der Waals surface area contributed by atoms with E-state index in [4.69, 9.17) is 0 Å². The first-order chi connectivity index (χ1) is 8.54. The Labute approximate surface area is 108 Å². The summed E-state index contributed by atoms with van der Waals surface area (Å²) in [5, 5.41) is 0. The molecule has 0 atom stereocenters. The molecule has 94 valence electrons. The number of thioether (sulfide) groups is 1. The van der Waals surface area contributed by atoms with E-state index >= 15 is 0 Å². The first kappa shape index (κ1) is 13.0. The highest BCUT2D eigenvalue weighted by Gasteiger charge is 2.27. The zero-order valence-electron chi connectivity index (χ0n) is 9.45. The van der Waals surface area contributed by atoms with Gasteiger partial charge in [0.05, 0.1) is 0 Å². The van der Waals surface area contributed by atoms with Gasteiger partial charge in [-0.15, -0.1) is 0 Å². The van der Waals surface area contributed by atoms with E-state index in [1.54, 1.807) is 12.1 Å². The van der Waals surface area contributed by atoms with Gasteiger partial charge in [0.2, 0.25) is 0 Å². The highest BCUT2D eigenvalue weighted by molar-refractivity contribution is 7.99. The minimum atomic E-state index is -4.17. The second kappa shape index (κ2) is 5.48. The maximum atomic E-state index is 12.0. The molecule has 4 heteroatoms. The van der Waals surface area contributed by atoms with Gasteiger partial charge in [-0.1, -0.05) is 54.6 Å². The van der Waals surface area contributed by atoms with Gasteiger partial charge < -0.3 is 0 Å². The largest absolute Gasteiger partial charge is 0.442 e. The molecule has 0 nitrogen and oxygen atoms in total. The Balaban J connectivity index is 2.07. The van der Waals surface area contributed by atoms with Crippen molar-refractivity contribution in [3.8, 4) is 11.1 Å². The van der Waals surface area contributed by atoms with Crippen molar-refractivity contribution in [2.75, 3.05) is 0 Å². The van der Waals surface area contributed by atoms with Gasteiger partial charge in [0.1, 0.15) is 0 Å². The lowest BCUT2D eigenvalue weighted by Gasteiger charge is -2.06. The lowest BCUT2D eigenvalue weighted by molar-refractivity contribution is -0.0329. The standard InChI is InChI=1S/C14H11F3S/c15-14(16,17)18-10-11-6-8-13(9-7-11)12-4-2-1-3-5-12/h1-9H,10H2. The minimum Gasteiger partial charge on any atom is -0.160 e. The number of benzene rings is 2. The summed E-state index contributed by atoms with van der Waals surface area (Å²) in [6.07, 6.45) is 0. The Bertz CT molecular complexity index is 489. The van der Waals surface area contributed by atoms with Gasteiger partial charge in [-0.05, 0) is 28.5 Å². The van der Waals surface area contributed by atoms with Crippen LogP contribution in [0.5, 0.6) is 0 Å². The molecule has 0 fully saturated rings. The fraction of sp³-hybridized carbons (Fsp3) is 0.143. The molecule has 0 amide bonds. The predicted molar refractivity (Wildman–Crippen MR) is 69.2 cm³/mol. The topological polar surface area (TPSA) is 0 Å². The number of hydrogen-bond acceptors (Lipinski definition) is 1. The van der Waals surface area contributed by atoms with E-state index in [0.29, 0.717) is 5.56 Å². The van der Waals surface area contributed by atoms with E-state index in [2.05, 4.69) is 0 Å². The van der Waals surface area contributed by atoms with E-state index in [1.807, 2.05) is 42.5 Å².